The first-order valence-corrected chi connectivity index (χ1v) is 7.84. The molecule has 0 bridgehead atoms. The van der Waals surface area contributed by atoms with Crippen LogP contribution in [-0.2, 0) is 10.0 Å². The van der Waals surface area contributed by atoms with Crippen LogP contribution < -0.4 is 0 Å². The maximum absolute atomic E-state index is 12.4. The van der Waals surface area contributed by atoms with Gasteiger partial charge in [-0.05, 0) is 12.1 Å². The van der Waals surface area contributed by atoms with Crippen LogP contribution in [0.5, 0.6) is 0 Å². The number of nitro benzene ring substituents is 1. The van der Waals surface area contributed by atoms with E-state index in [1.165, 1.54) is 0 Å². The monoisotopic (exact) mass is 356 g/mol. The summed E-state index contributed by atoms with van der Waals surface area (Å²) in [5, 5.41) is 28.8. The highest BCUT2D eigenvalue weighted by molar-refractivity contribution is 7.89. The third-order valence-electron chi connectivity index (χ3n) is 3.06. The van der Waals surface area contributed by atoms with Gasteiger partial charge >= 0.3 is 5.69 Å². The second kappa shape index (κ2) is 5.67. The van der Waals surface area contributed by atoms with E-state index in [9.17, 15) is 28.7 Å². The molecule has 0 unspecified atom stereocenters. The smallest absolute Gasteiger partial charge is 0.307 e. The minimum absolute atomic E-state index is 0.287. The molecule has 2 atom stereocenters. The number of sulfonamides is 1. The lowest BCUT2D eigenvalue weighted by Crippen LogP contribution is -2.30. The standard InChI is InChI=1S/C10H10Cl2N2O6S/c11-5-1-2-8(9(12)10(5)14(17)18)21(19,20)13-3-6(15)7(16)4-13/h1-2,6-7,15-16H,3-4H2/t6-,7+. The van der Waals surface area contributed by atoms with Crippen molar-refractivity contribution in [3.8, 4) is 0 Å². The molecule has 0 aliphatic carbocycles. The number of rotatable bonds is 3. The summed E-state index contributed by atoms with van der Waals surface area (Å²) in [6, 6.07) is 2.10. The zero-order chi connectivity index (χ0) is 15.9. The molecule has 2 rings (SSSR count). The lowest BCUT2D eigenvalue weighted by molar-refractivity contribution is -0.384. The van der Waals surface area contributed by atoms with E-state index in [1.807, 2.05) is 0 Å². The number of hydrogen-bond donors (Lipinski definition) is 2. The molecule has 2 N–H and O–H groups in total. The summed E-state index contributed by atoms with van der Waals surface area (Å²) in [6.07, 6.45) is -2.44. The van der Waals surface area contributed by atoms with Crippen molar-refractivity contribution in [1.29, 1.82) is 0 Å². The van der Waals surface area contributed by atoms with Gasteiger partial charge in [0.2, 0.25) is 10.0 Å². The van der Waals surface area contributed by atoms with Crippen molar-refractivity contribution >= 4 is 38.9 Å². The van der Waals surface area contributed by atoms with Gasteiger partial charge in [0.05, 0.1) is 17.1 Å². The number of nitro groups is 1. The molecule has 1 aliphatic heterocycles. The number of nitrogens with zero attached hydrogens (tertiary/aromatic N) is 2. The number of benzene rings is 1. The molecule has 8 nitrogen and oxygen atoms in total. The van der Waals surface area contributed by atoms with E-state index in [1.54, 1.807) is 0 Å². The molecule has 1 heterocycles. The lowest BCUT2D eigenvalue weighted by Gasteiger charge is -2.16. The fourth-order valence-corrected chi connectivity index (χ4v) is 4.30. The second-order valence-corrected chi connectivity index (χ2v) is 7.11. The van der Waals surface area contributed by atoms with Crippen molar-refractivity contribution < 1.29 is 23.6 Å². The van der Waals surface area contributed by atoms with Crippen molar-refractivity contribution in [2.24, 2.45) is 0 Å². The third kappa shape index (κ3) is 2.85. The summed E-state index contributed by atoms with van der Waals surface area (Å²) in [6.45, 7) is -0.646. The molecule has 11 heteroatoms. The molecule has 0 spiro atoms. The molecule has 1 fully saturated rings. The highest BCUT2D eigenvalue weighted by Crippen LogP contribution is 2.38. The SMILES string of the molecule is O=[N+]([O-])c1c(Cl)ccc(S(=O)(=O)N2C[C@@H](O)[C@@H](O)C2)c1Cl. The van der Waals surface area contributed by atoms with Gasteiger partial charge < -0.3 is 10.2 Å². The van der Waals surface area contributed by atoms with Gasteiger partial charge in [-0.15, -0.1) is 0 Å². The van der Waals surface area contributed by atoms with Gasteiger partial charge in [0.25, 0.3) is 0 Å². The maximum Gasteiger partial charge on any atom is 0.307 e. The Hall–Kier alpha value is -0.970. The van der Waals surface area contributed by atoms with E-state index in [-0.39, 0.29) is 18.1 Å². The molecule has 1 aliphatic rings. The summed E-state index contributed by atoms with van der Waals surface area (Å²) >= 11 is 11.4. The minimum atomic E-state index is -4.19. The molecule has 1 aromatic carbocycles. The number of aliphatic hydroxyl groups excluding tert-OH is 2. The van der Waals surface area contributed by atoms with E-state index in [4.69, 9.17) is 23.2 Å². The first-order valence-electron chi connectivity index (χ1n) is 5.65. The first-order chi connectivity index (χ1) is 9.66. The molecular formula is C10H10Cl2N2O6S. The minimum Gasteiger partial charge on any atom is -0.389 e. The molecule has 1 aromatic rings. The Labute approximate surface area is 129 Å². The molecule has 116 valence electrons. The van der Waals surface area contributed by atoms with Crippen molar-refractivity contribution in [1.82, 2.24) is 4.31 Å². The number of aliphatic hydroxyl groups is 2. The zero-order valence-electron chi connectivity index (χ0n) is 10.3. The Morgan fingerprint density at radius 3 is 2.24 bits per heavy atom. The molecule has 0 aromatic heterocycles. The topological polar surface area (TPSA) is 121 Å². The fourth-order valence-electron chi connectivity index (χ4n) is 1.96. The predicted molar refractivity (Wildman–Crippen MR) is 73.9 cm³/mol. The van der Waals surface area contributed by atoms with Gasteiger partial charge in [-0.2, -0.15) is 4.31 Å². The van der Waals surface area contributed by atoms with Crippen LogP contribution in [0, 0.1) is 10.1 Å². The van der Waals surface area contributed by atoms with Gasteiger partial charge in [0.15, 0.2) is 0 Å². The van der Waals surface area contributed by atoms with Gasteiger partial charge in [-0.25, -0.2) is 8.42 Å². The molecule has 0 radical (unpaired) electrons. The van der Waals surface area contributed by atoms with Crippen LogP contribution in [0.3, 0.4) is 0 Å². The van der Waals surface area contributed by atoms with E-state index in [2.05, 4.69) is 0 Å². The Morgan fingerprint density at radius 1 is 1.24 bits per heavy atom. The first kappa shape index (κ1) is 16.4. The van der Waals surface area contributed by atoms with Gasteiger partial charge in [-0.3, -0.25) is 10.1 Å². The number of halogens is 2. The predicted octanol–water partition coefficient (Wildman–Crippen LogP) is 0.628. The van der Waals surface area contributed by atoms with E-state index in [0.717, 1.165) is 16.4 Å². The van der Waals surface area contributed by atoms with Crippen LogP contribution in [0.4, 0.5) is 5.69 Å². The van der Waals surface area contributed by atoms with Gasteiger partial charge in [0.1, 0.15) is 14.9 Å². The summed E-state index contributed by atoms with van der Waals surface area (Å²) in [4.78, 5) is 9.52. The van der Waals surface area contributed by atoms with Crippen molar-refractivity contribution in [3.05, 3.63) is 32.3 Å². The lowest BCUT2D eigenvalue weighted by atomic mass is 10.3. The summed E-state index contributed by atoms with van der Waals surface area (Å²) < 4.78 is 25.6. The van der Waals surface area contributed by atoms with Crippen LogP contribution in [0.1, 0.15) is 0 Å². The number of hydrogen-bond acceptors (Lipinski definition) is 6. The summed E-state index contributed by atoms with van der Waals surface area (Å²) in [5.41, 5.74) is -0.709. The van der Waals surface area contributed by atoms with E-state index < -0.39 is 42.8 Å². The molecule has 0 amide bonds. The summed E-state index contributed by atoms with van der Waals surface area (Å²) in [5.74, 6) is 0. The van der Waals surface area contributed by atoms with Crippen LogP contribution >= 0.6 is 23.2 Å². The Bertz CT molecular complexity index is 685. The van der Waals surface area contributed by atoms with Gasteiger partial charge in [-0.1, -0.05) is 23.2 Å². The van der Waals surface area contributed by atoms with E-state index in [0.29, 0.717) is 0 Å². The Morgan fingerprint density at radius 2 is 1.76 bits per heavy atom. The van der Waals surface area contributed by atoms with Crippen LogP contribution in [0.15, 0.2) is 17.0 Å². The van der Waals surface area contributed by atoms with Crippen LogP contribution in [0.25, 0.3) is 0 Å². The average molecular weight is 357 g/mol. The normalized spacial score (nSPS) is 23.4. The van der Waals surface area contributed by atoms with Crippen LogP contribution in [-0.4, -0.2) is 53.2 Å². The Kier molecular flexibility index (Phi) is 4.43. The quantitative estimate of drug-likeness (QED) is 0.605. The maximum atomic E-state index is 12.4. The van der Waals surface area contributed by atoms with Crippen molar-refractivity contribution in [3.63, 3.8) is 0 Å². The number of β-amino-alcohol motifs (C(OH)–C–C–N with tert-alkyl or cyclic N) is 2. The van der Waals surface area contributed by atoms with Crippen molar-refractivity contribution in [2.45, 2.75) is 17.1 Å². The Balaban J connectivity index is 2.52. The fraction of sp³-hybridized carbons (Fsp3) is 0.400. The molecular weight excluding hydrogens is 347 g/mol. The largest absolute Gasteiger partial charge is 0.389 e. The molecule has 21 heavy (non-hydrogen) atoms. The zero-order valence-corrected chi connectivity index (χ0v) is 12.6. The van der Waals surface area contributed by atoms with Crippen molar-refractivity contribution in [2.75, 3.05) is 13.1 Å². The van der Waals surface area contributed by atoms with Gasteiger partial charge in [0, 0.05) is 13.1 Å². The van der Waals surface area contributed by atoms with Crippen LogP contribution in [0.2, 0.25) is 10.0 Å². The second-order valence-electron chi connectivity index (χ2n) is 4.42. The van der Waals surface area contributed by atoms with E-state index >= 15 is 0 Å². The molecule has 0 saturated carbocycles. The third-order valence-corrected chi connectivity index (χ3v) is 5.73. The summed E-state index contributed by atoms with van der Waals surface area (Å²) in [7, 11) is -4.19. The highest BCUT2D eigenvalue weighted by atomic mass is 35.5. The molecule has 1 saturated heterocycles. The average Bonchev–Trinajstić information content (AvgIpc) is 2.69. The highest BCUT2D eigenvalue weighted by Gasteiger charge is 2.39.